The van der Waals surface area contributed by atoms with Crippen LogP contribution in [0.1, 0.15) is 23.1 Å². The number of nitrogens with one attached hydrogen (secondary N) is 2. The minimum absolute atomic E-state index is 0.0824. The summed E-state index contributed by atoms with van der Waals surface area (Å²) in [5.74, 6) is -0.197. The number of sulfonamides is 1. The zero-order valence-corrected chi connectivity index (χ0v) is 19.8. The van der Waals surface area contributed by atoms with E-state index in [9.17, 15) is 13.2 Å². The molecule has 0 saturated carbocycles. The van der Waals surface area contributed by atoms with E-state index < -0.39 is 10.0 Å². The SMILES string of the molecule is Cc1cccc(NS(=O)(=O)c2ccc(C)c(NC(=O)CCc3cnn(-c4ccccc4)c3)c2)c1. The molecule has 0 unspecified atom stereocenters. The molecular weight excluding hydrogens is 448 g/mol. The molecule has 1 heterocycles. The number of carbonyl (C=O) groups is 1. The summed E-state index contributed by atoms with van der Waals surface area (Å²) in [5, 5.41) is 7.20. The number of nitrogens with zero attached hydrogens (tertiary/aromatic N) is 2. The minimum atomic E-state index is -3.80. The summed E-state index contributed by atoms with van der Waals surface area (Å²) in [7, 11) is -3.80. The molecule has 7 nitrogen and oxygen atoms in total. The van der Waals surface area contributed by atoms with Gasteiger partial charge in [-0.25, -0.2) is 13.1 Å². The van der Waals surface area contributed by atoms with Crippen LogP contribution in [-0.2, 0) is 21.2 Å². The topological polar surface area (TPSA) is 93.1 Å². The lowest BCUT2D eigenvalue weighted by molar-refractivity contribution is -0.116. The number of hydrogen-bond acceptors (Lipinski definition) is 4. The molecule has 0 bridgehead atoms. The first kappa shape index (κ1) is 23.3. The highest BCUT2D eigenvalue weighted by Gasteiger charge is 2.17. The van der Waals surface area contributed by atoms with Crippen LogP contribution < -0.4 is 10.0 Å². The van der Waals surface area contributed by atoms with Crippen LogP contribution in [0, 0.1) is 13.8 Å². The summed E-state index contributed by atoms with van der Waals surface area (Å²) in [6.45, 7) is 3.72. The molecule has 0 aliphatic heterocycles. The van der Waals surface area contributed by atoms with Crippen LogP contribution in [0.15, 0.2) is 90.1 Å². The van der Waals surface area contributed by atoms with Crippen molar-refractivity contribution < 1.29 is 13.2 Å². The fourth-order valence-corrected chi connectivity index (χ4v) is 4.58. The fraction of sp³-hybridized carbons (Fsp3) is 0.154. The molecule has 0 atom stereocenters. The summed E-state index contributed by atoms with van der Waals surface area (Å²) in [6, 6.07) is 21.6. The van der Waals surface area contributed by atoms with E-state index in [1.54, 1.807) is 35.1 Å². The zero-order chi connectivity index (χ0) is 24.1. The number of benzene rings is 3. The van der Waals surface area contributed by atoms with Crippen LogP contribution in [0.25, 0.3) is 5.69 Å². The molecule has 3 aromatic carbocycles. The molecule has 0 spiro atoms. The van der Waals surface area contributed by atoms with Gasteiger partial charge in [0.1, 0.15) is 0 Å². The van der Waals surface area contributed by atoms with Crippen LogP contribution in [0.4, 0.5) is 11.4 Å². The molecule has 4 aromatic rings. The number of amides is 1. The molecular formula is C26H26N4O3S. The van der Waals surface area contributed by atoms with Gasteiger partial charge in [0.2, 0.25) is 5.91 Å². The molecule has 174 valence electrons. The zero-order valence-electron chi connectivity index (χ0n) is 19.0. The van der Waals surface area contributed by atoms with Gasteiger partial charge in [-0.05, 0) is 73.4 Å². The van der Waals surface area contributed by atoms with Crippen molar-refractivity contribution in [2.45, 2.75) is 31.6 Å². The van der Waals surface area contributed by atoms with Crippen LogP contribution in [-0.4, -0.2) is 24.1 Å². The van der Waals surface area contributed by atoms with E-state index in [0.717, 1.165) is 22.4 Å². The average molecular weight is 475 g/mol. The number of anilines is 2. The highest BCUT2D eigenvalue weighted by molar-refractivity contribution is 7.92. The standard InChI is InChI=1S/C26H26N4O3S/c1-19-7-6-8-22(15-19)29-34(32,33)24-13-11-20(2)25(16-24)28-26(31)14-12-21-17-27-30(18-21)23-9-4-3-5-10-23/h3-11,13,15-18,29H,12,14H2,1-2H3,(H,28,31). The maximum absolute atomic E-state index is 12.9. The van der Waals surface area contributed by atoms with Gasteiger partial charge in [-0.15, -0.1) is 0 Å². The molecule has 1 amide bonds. The summed E-state index contributed by atoms with van der Waals surface area (Å²) in [4.78, 5) is 12.7. The third-order valence-corrected chi connectivity index (χ3v) is 6.74. The lowest BCUT2D eigenvalue weighted by atomic mass is 10.1. The molecule has 2 N–H and O–H groups in total. The van der Waals surface area contributed by atoms with E-state index in [4.69, 9.17) is 0 Å². The Morgan fingerprint density at radius 1 is 0.971 bits per heavy atom. The number of carbonyl (C=O) groups excluding carboxylic acids is 1. The Morgan fingerprint density at radius 3 is 2.53 bits per heavy atom. The second-order valence-electron chi connectivity index (χ2n) is 8.13. The Morgan fingerprint density at radius 2 is 1.76 bits per heavy atom. The third-order valence-electron chi connectivity index (χ3n) is 5.36. The lowest BCUT2D eigenvalue weighted by Gasteiger charge is -2.13. The van der Waals surface area contributed by atoms with Crippen LogP contribution in [0.3, 0.4) is 0 Å². The van der Waals surface area contributed by atoms with Gasteiger partial charge < -0.3 is 5.32 Å². The molecule has 8 heteroatoms. The molecule has 0 fully saturated rings. The number of aromatic nitrogens is 2. The average Bonchev–Trinajstić information content (AvgIpc) is 3.28. The Hall–Kier alpha value is -3.91. The van der Waals surface area contributed by atoms with Gasteiger partial charge in [0.25, 0.3) is 10.0 Å². The fourth-order valence-electron chi connectivity index (χ4n) is 3.51. The molecule has 0 aliphatic rings. The first-order valence-corrected chi connectivity index (χ1v) is 12.4. The van der Waals surface area contributed by atoms with Gasteiger partial charge in [0, 0.05) is 24.0 Å². The maximum Gasteiger partial charge on any atom is 0.261 e. The monoisotopic (exact) mass is 474 g/mol. The summed E-state index contributed by atoms with van der Waals surface area (Å²) in [6.07, 6.45) is 4.41. The quantitative estimate of drug-likeness (QED) is 0.381. The van der Waals surface area contributed by atoms with Crippen molar-refractivity contribution in [3.63, 3.8) is 0 Å². The Balaban J connectivity index is 1.41. The van der Waals surface area contributed by atoms with Gasteiger partial charge in [0.05, 0.1) is 16.8 Å². The van der Waals surface area contributed by atoms with Crippen molar-refractivity contribution in [2.75, 3.05) is 10.0 Å². The van der Waals surface area contributed by atoms with Crippen LogP contribution in [0.5, 0.6) is 0 Å². The van der Waals surface area contributed by atoms with Gasteiger partial charge in [0.15, 0.2) is 0 Å². The smallest absolute Gasteiger partial charge is 0.261 e. The van der Waals surface area contributed by atoms with Crippen molar-refractivity contribution in [3.8, 4) is 5.69 Å². The molecule has 34 heavy (non-hydrogen) atoms. The molecule has 0 aliphatic carbocycles. The third kappa shape index (κ3) is 5.71. The first-order valence-electron chi connectivity index (χ1n) is 10.9. The van der Waals surface area contributed by atoms with Gasteiger partial charge >= 0.3 is 0 Å². The van der Waals surface area contributed by atoms with E-state index in [-0.39, 0.29) is 17.2 Å². The normalized spacial score (nSPS) is 11.2. The minimum Gasteiger partial charge on any atom is -0.326 e. The first-order chi connectivity index (χ1) is 16.3. The summed E-state index contributed by atoms with van der Waals surface area (Å²) in [5.41, 5.74) is 4.57. The number of para-hydroxylation sites is 1. The van der Waals surface area contributed by atoms with Crippen molar-refractivity contribution in [3.05, 3.63) is 102 Å². The van der Waals surface area contributed by atoms with Crippen LogP contribution >= 0.6 is 0 Å². The largest absolute Gasteiger partial charge is 0.326 e. The van der Waals surface area contributed by atoms with Crippen molar-refractivity contribution >= 4 is 27.3 Å². The van der Waals surface area contributed by atoms with Crippen molar-refractivity contribution in [2.24, 2.45) is 0 Å². The highest BCUT2D eigenvalue weighted by Crippen LogP contribution is 2.23. The predicted molar refractivity (Wildman–Crippen MR) is 134 cm³/mol. The van der Waals surface area contributed by atoms with Crippen LogP contribution in [0.2, 0.25) is 0 Å². The maximum atomic E-state index is 12.9. The van der Waals surface area contributed by atoms with Gasteiger partial charge in [-0.3, -0.25) is 9.52 Å². The van der Waals surface area contributed by atoms with E-state index in [1.165, 1.54) is 12.1 Å². The van der Waals surface area contributed by atoms with E-state index in [0.29, 0.717) is 17.8 Å². The predicted octanol–water partition coefficient (Wildman–Crippen LogP) is 4.86. The lowest BCUT2D eigenvalue weighted by Crippen LogP contribution is -2.16. The molecule has 0 saturated heterocycles. The number of aryl methyl sites for hydroxylation is 3. The second kappa shape index (κ2) is 9.93. The van der Waals surface area contributed by atoms with E-state index in [1.807, 2.05) is 56.4 Å². The Kier molecular flexibility index (Phi) is 6.79. The number of rotatable bonds is 8. The van der Waals surface area contributed by atoms with Crippen molar-refractivity contribution in [1.29, 1.82) is 0 Å². The molecule has 1 aromatic heterocycles. The van der Waals surface area contributed by atoms with Gasteiger partial charge in [-0.1, -0.05) is 36.4 Å². The molecule has 4 rings (SSSR count). The highest BCUT2D eigenvalue weighted by atomic mass is 32.2. The van der Waals surface area contributed by atoms with E-state index in [2.05, 4.69) is 15.1 Å². The van der Waals surface area contributed by atoms with E-state index >= 15 is 0 Å². The number of hydrogen-bond donors (Lipinski definition) is 2. The Bertz CT molecular complexity index is 1410. The van der Waals surface area contributed by atoms with Gasteiger partial charge in [-0.2, -0.15) is 5.10 Å². The second-order valence-corrected chi connectivity index (χ2v) is 9.81. The summed E-state index contributed by atoms with van der Waals surface area (Å²) >= 11 is 0. The summed E-state index contributed by atoms with van der Waals surface area (Å²) < 4.78 is 30.1. The Labute approximate surface area is 199 Å². The van der Waals surface area contributed by atoms with Crippen molar-refractivity contribution in [1.82, 2.24) is 9.78 Å². The molecule has 0 radical (unpaired) electrons.